The zero-order valence-corrected chi connectivity index (χ0v) is 7.40. The molecule has 0 aliphatic heterocycles. The number of hydrogen-bond donors (Lipinski definition) is 0. The first-order chi connectivity index (χ1) is 5.38. The third-order valence-corrected chi connectivity index (χ3v) is 4.00. The Bertz CT molecular complexity index is 229. The molecule has 60 valence electrons. The predicted molar refractivity (Wildman–Crippen MR) is 46.4 cm³/mol. The van der Waals surface area contributed by atoms with Crippen LogP contribution in [0.3, 0.4) is 0 Å². The molecular weight excluding hydrogens is 156 g/mol. The topological polar surface area (TPSA) is 0 Å². The normalized spacial score (nSPS) is 47.2. The molecule has 0 heterocycles. The fourth-order valence-corrected chi connectivity index (χ4v) is 3.12. The van der Waals surface area contributed by atoms with Crippen LogP contribution in [0.25, 0.3) is 0 Å². The summed E-state index contributed by atoms with van der Waals surface area (Å²) in [5.41, 5.74) is 1.66. The van der Waals surface area contributed by atoms with E-state index in [-0.39, 0.29) is 0 Å². The van der Waals surface area contributed by atoms with Crippen LogP contribution >= 0.6 is 11.6 Å². The summed E-state index contributed by atoms with van der Waals surface area (Å²) < 4.78 is 0. The van der Waals surface area contributed by atoms with E-state index in [2.05, 4.69) is 0 Å². The molecule has 0 spiro atoms. The summed E-state index contributed by atoms with van der Waals surface area (Å²) in [6, 6.07) is 0. The summed E-state index contributed by atoms with van der Waals surface area (Å²) in [5.74, 6) is 2.77. The van der Waals surface area contributed by atoms with Crippen LogP contribution < -0.4 is 0 Å². The highest BCUT2D eigenvalue weighted by Gasteiger charge is 2.50. The van der Waals surface area contributed by atoms with E-state index in [4.69, 9.17) is 11.6 Å². The molecule has 3 unspecified atom stereocenters. The average molecular weight is 169 g/mol. The summed E-state index contributed by atoms with van der Waals surface area (Å²) in [7, 11) is 0. The smallest absolute Gasteiger partial charge is 0.0254 e. The molecule has 0 radical (unpaired) electrons. The van der Waals surface area contributed by atoms with Crippen molar-refractivity contribution in [3.05, 3.63) is 10.6 Å². The van der Waals surface area contributed by atoms with Crippen LogP contribution in [0, 0.1) is 17.8 Å². The van der Waals surface area contributed by atoms with Gasteiger partial charge in [0.1, 0.15) is 0 Å². The first-order valence-corrected chi connectivity index (χ1v) is 5.15. The molecule has 0 bridgehead atoms. The van der Waals surface area contributed by atoms with E-state index in [1.165, 1.54) is 37.1 Å². The Morgan fingerprint density at radius 3 is 2.91 bits per heavy atom. The van der Waals surface area contributed by atoms with Gasteiger partial charge in [0.05, 0.1) is 0 Å². The van der Waals surface area contributed by atoms with Crippen LogP contribution in [0.1, 0.15) is 32.1 Å². The Hall–Kier alpha value is 0.0300. The first kappa shape index (κ1) is 6.54. The minimum Gasteiger partial charge on any atom is -0.0885 e. The molecule has 0 saturated heterocycles. The van der Waals surface area contributed by atoms with Crippen molar-refractivity contribution < 1.29 is 0 Å². The molecule has 11 heavy (non-hydrogen) atoms. The molecule has 2 fully saturated rings. The van der Waals surface area contributed by atoms with Crippen LogP contribution in [0.4, 0.5) is 0 Å². The van der Waals surface area contributed by atoms with Gasteiger partial charge in [-0.2, -0.15) is 0 Å². The Balaban J connectivity index is 1.80. The van der Waals surface area contributed by atoms with Gasteiger partial charge in [0, 0.05) is 11.0 Å². The molecule has 0 N–H and O–H groups in total. The maximum Gasteiger partial charge on any atom is 0.0254 e. The van der Waals surface area contributed by atoms with Crippen molar-refractivity contribution in [2.45, 2.75) is 32.1 Å². The maximum atomic E-state index is 6.10. The third kappa shape index (κ3) is 0.885. The third-order valence-electron chi connectivity index (χ3n) is 3.51. The van der Waals surface area contributed by atoms with Gasteiger partial charge in [-0.05, 0) is 36.7 Å². The maximum absolute atomic E-state index is 6.10. The summed E-state index contributed by atoms with van der Waals surface area (Å²) in [6.45, 7) is 0. The second-order valence-corrected chi connectivity index (χ2v) is 4.65. The fraction of sp³-hybridized carbons (Fsp3) is 0.800. The molecule has 0 aromatic carbocycles. The Labute approximate surface area is 72.6 Å². The average Bonchev–Trinajstić information content (AvgIpc) is 2.77. The quantitative estimate of drug-likeness (QED) is 0.521. The Morgan fingerprint density at radius 1 is 1.18 bits per heavy atom. The van der Waals surface area contributed by atoms with Crippen molar-refractivity contribution in [1.29, 1.82) is 0 Å². The standard InChI is InChI=1S/C10H13Cl/c11-10-7-4-2-1-3-6-5-8(6)9(7)10/h6-8H,1-5H2. The molecule has 3 atom stereocenters. The zero-order valence-electron chi connectivity index (χ0n) is 6.65. The van der Waals surface area contributed by atoms with E-state index in [0.29, 0.717) is 0 Å². The summed E-state index contributed by atoms with van der Waals surface area (Å²) >= 11 is 6.10. The minimum absolute atomic E-state index is 0.770. The zero-order chi connectivity index (χ0) is 7.42. The van der Waals surface area contributed by atoms with Crippen LogP contribution in [-0.4, -0.2) is 0 Å². The first-order valence-electron chi connectivity index (χ1n) is 4.77. The SMILES string of the molecule is ClC1=C2C1CCCCC1CC21. The van der Waals surface area contributed by atoms with Crippen molar-refractivity contribution in [3.63, 3.8) is 0 Å². The lowest BCUT2D eigenvalue weighted by Gasteiger charge is -2.04. The van der Waals surface area contributed by atoms with Gasteiger partial charge in [-0.15, -0.1) is 0 Å². The Morgan fingerprint density at radius 2 is 2.00 bits per heavy atom. The van der Waals surface area contributed by atoms with E-state index in [1.807, 2.05) is 0 Å². The van der Waals surface area contributed by atoms with Crippen molar-refractivity contribution in [2.24, 2.45) is 17.8 Å². The molecular formula is C10H13Cl. The fourth-order valence-electron chi connectivity index (χ4n) is 2.68. The molecule has 3 rings (SSSR count). The van der Waals surface area contributed by atoms with Crippen molar-refractivity contribution >= 4 is 11.6 Å². The highest BCUT2D eigenvalue weighted by molar-refractivity contribution is 6.33. The van der Waals surface area contributed by atoms with E-state index in [9.17, 15) is 0 Å². The van der Waals surface area contributed by atoms with Gasteiger partial charge in [-0.25, -0.2) is 0 Å². The monoisotopic (exact) mass is 168 g/mol. The van der Waals surface area contributed by atoms with Gasteiger partial charge in [-0.1, -0.05) is 24.4 Å². The van der Waals surface area contributed by atoms with Crippen molar-refractivity contribution in [3.8, 4) is 0 Å². The Kier molecular flexibility index (Phi) is 1.21. The molecule has 3 aliphatic carbocycles. The number of allylic oxidation sites excluding steroid dienone is 2. The summed E-state index contributed by atoms with van der Waals surface area (Å²) in [5, 5.41) is 1.25. The molecule has 0 aromatic rings. The molecule has 0 amide bonds. The van der Waals surface area contributed by atoms with Gasteiger partial charge < -0.3 is 0 Å². The highest BCUT2D eigenvalue weighted by Crippen LogP contribution is 2.62. The van der Waals surface area contributed by atoms with E-state index < -0.39 is 0 Å². The lowest BCUT2D eigenvalue weighted by molar-refractivity contribution is 0.539. The van der Waals surface area contributed by atoms with Crippen LogP contribution in [0.5, 0.6) is 0 Å². The summed E-state index contributed by atoms with van der Waals surface area (Å²) in [4.78, 5) is 0. The van der Waals surface area contributed by atoms with Gasteiger partial charge in [-0.3, -0.25) is 0 Å². The van der Waals surface area contributed by atoms with Crippen molar-refractivity contribution in [2.75, 3.05) is 0 Å². The number of hydrogen-bond acceptors (Lipinski definition) is 0. The highest BCUT2D eigenvalue weighted by atomic mass is 35.5. The van der Waals surface area contributed by atoms with Crippen LogP contribution in [0.2, 0.25) is 0 Å². The van der Waals surface area contributed by atoms with Crippen LogP contribution in [-0.2, 0) is 0 Å². The minimum atomic E-state index is 0.770. The van der Waals surface area contributed by atoms with Gasteiger partial charge in [0.15, 0.2) is 0 Å². The van der Waals surface area contributed by atoms with Crippen molar-refractivity contribution in [1.82, 2.24) is 0 Å². The number of fused-ring (bicyclic) bond motifs is 3. The lowest BCUT2D eigenvalue weighted by Crippen LogP contribution is -1.92. The van der Waals surface area contributed by atoms with Crippen LogP contribution in [0.15, 0.2) is 10.6 Å². The predicted octanol–water partition coefficient (Wildman–Crippen LogP) is 3.32. The summed E-state index contributed by atoms with van der Waals surface area (Å²) in [6.07, 6.45) is 7.16. The second-order valence-electron chi connectivity index (χ2n) is 4.24. The molecule has 1 heteroatoms. The van der Waals surface area contributed by atoms with Gasteiger partial charge in [0.2, 0.25) is 0 Å². The van der Waals surface area contributed by atoms with E-state index >= 15 is 0 Å². The second kappa shape index (κ2) is 2.04. The number of halogens is 1. The number of rotatable bonds is 0. The molecule has 3 aliphatic rings. The largest absolute Gasteiger partial charge is 0.0885 e. The van der Waals surface area contributed by atoms with Gasteiger partial charge in [0.25, 0.3) is 0 Å². The van der Waals surface area contributed by atoms with Gasteiger partial charge >= 0.3 is 0 Å². The molecule has 2 saturated carbocycles. The molecule has 0 aromatic heterocycles. The van der Waals surface area contributed by atoms with E-state index in [0.717, 1.165) is 17.8 Å². The lowest BCUT2D eigenvalue weighted by atomic mass is 10.0. The molecule has 0 nitrogen and oxygen atoms in total. The van der Waals surface area contributed by atoms with E-state index in [1.54, 1.807) is 5.57 Å².